The quantitative estimate of drug-likeness (QED) is 0.752. The van der Waals surface area contributed by atoms with Crippen LogP contribution in [0.25, 0.3) is 0 Å². The lowest BCUT2D eigenvalue weighted by atomic mass is 10.1. The van der Waals surface area contributed by atoms with Crippen molar-refractivity contribution in [2.24, 2.45) is 5.73 Å². The molecule has 14 heavy (non-hydrogen) atoms. The van der Waals surface area contributed by atoms with Crippen LogP contribution in [0.15, 0.2) is 24.3 Å². The highest BCUT2D eigenvalue weighted by molar-refractivity contribution is 6.88. The first-order valence-electron chi connectivity index (χ1n) is 5.33. The van der Waals surface area contributed by atoms with Crippen molar-refractivity contribution in [3.8, 4) is 0 Å². The Morgan fingerprint density at radius 1 is 1.21 bits per heavy atom. The van der Waals surface area contributed by atoms with Gasteiger partial charge in [0.05, 0.1) is 8.07 Å². The molecular formula is C12H21NSi. The Balaban J connectivity index is 2.79. The molecule has 0 fully saturated rings. The number of hydrogen-bond acceptors (Lipinski definition) is 1. The lowest BCUT2D eigenvalue weighted by Gasteiger charge is -2.17. The molecule has 0 aliphatic heterocycles. The Bertz CT molecular complexity index is 289. The molecule has 1 nitrogen and oxygen atoms in total. The number of benzene rings is 1. The van der Waals surface area contributed by atoms with E-state index in [0.717, 1.165) is 19.4 Å². The fourth-order valence-electron chi connectivity index (χ4n) is 1.50. The summed E-state index contributed by atoms with van der Waals surface area (Å²) in [5.74, 6) is 0. The minimum absolute atomic E-state index is 0.789. The maximum absolute atomic E-state index is 5.51. The second kappa shape index (κ2) is 4.76. The van der Waals surface area contributed by atoms with E-state index in [-0.39, 0.29) is 0 Å². The topological polar surface area (TPSA) is 26.0 Å². The molecule has 0 aromatic heterocycles. The zero-order valence-corrected chi connectivity index (χ0v) is 10.5. The predicted octanol–water partition coefficient (Wildman–Crippen LogP) is 2.12. The first-order chi connectivity index (χ1) is 6.54. The van der Waals surface area contributed by atoms with Crippen LogP contribution in [0.4, 0.5) is 0 Å². The highest BCUT2D eigenvalue weighted by atomic mass is 28.3. The SMILES string of the molecule is C[Si](C)(C)c1cccc(CCCN)c1. The molecule has 1 aromatic carbocycles. The number of nitrogens with two attached hydrogens (primary N) is 1. The third-order valence-electron chi connectivity index (χ3n) is 2.46. The predicted molar refractivity (Wildman–Crippen MR) is 66.8 cm³/mol. The third kappa shape index (κ3) is 3.27. The molecule has 0 spiro atoms. The monoisotopic (exact) mass is 207 g/mol. The Morgan fingerprint density at radius 3 is 2.50 bits per heavy atom. The molecule has 0 amide bonds. The van der Waals surface area contributed by atoms with Crippen molar-refractivity contribution in [1.29, 1.82) is 0 Å². The van der Waals surface area contributed by atoms with Gasteiger partial charge in [0, 0.05) is 0 Å². The van der Waals surface area contributed by atoms with Gasteiger partial charge in [0.1, 0.15) is 0 Å². The summed E-state index contributed by atoms with van der Waals surface area (Å²) in [5.41, 5.74) is 6.95. The minimum Gasteiger partial charge on any atom is -0.330 e. The average Bonchev–Trinajstić information content (AvgIpc) is 2.14. The second-order valence-electron chi connectivity index (χ2n) is 4.84. The summed E-state index contributed by atoms with van der Waals surface area (Å²) in [6.07, 6.45) is 2.21. The van der Waals surface area contributed by atoms with Gasteiger partial charge in [0.2, 0.25) is 0 Å². The Morgan fingerprint density at radius 2 is 1.93 bits per heavy atom. The largest absolute Gasteiger partial charge is 0.330 e. The van der Waals surface area contributed by atoms with E-state index in [1.165, 1.54) is 5.56 Å². The minimum atomic E-state index is -1.14. The van der Waals surface area contributed by atoms with Gasteiger partial charge < -0.3 is 5.73 Å². The molecule has 1 rings (SSSR count). The van der Waals surface area contributed by atoms with Crippen molar-refractivity contribution < 1.29 is 0 Å². The van der Waals surface area contributed by atoms with Crippen LogP contribution in [-0.2, 0) is 6.42 Å². The van der Waals surface area contributed by atoms with Crippen molar-refractivity contribution in [2.75, 3.05) is 6.54 Å². The molecular weight excluding hydrogens is 186 g/mol. The van der Waals surface area contributed by atoms with Crippen LogP contribution in [0.5, 0.6) is 0 Å². The lowest BCUT2D eigenvalue weighted by molar-refractivity contribution is 0.833. The molecule has 2 heteroatoms. The Kier molecular flexibility index (Phi) is 3.90. The summed E-state index contributed by atoms with van der Waals surface area (Å²) >= 11 is 0. The second-order valence-corrected chi connectivity index (χ2v) is 9.92. The highest BCUT2D eigenvalue weighted by Crippen LogP contribution is 2.06. The summed E-state index contributed by atoms with van der Waals surface area (Å²) in [6.45, 7) is 7.94. The maximum atomic E-state index is 5.51. The zero-order chi connectivity index (χ0) is 10.6. The van der Waals surface area contributed by atoms with Crippen LogP contribution in [-0.4, -0.2) is 14.6 Å². The smallest absolute Gasteiger partial charge is 0.0776 e. The van der Waals surface area contributed by atoms with Gasteiger partial charge in [-0.15, -0.1) is 0 Å². The van der Waals surface area contributed by atoms with Crippen molar-refractivity contribution in [3.63, 3.8) is 0 Å². The van der Waals surface area contributed by atoms with Crippen molar-refractivity contribution in [1.82, 2.24) is 0 Å². The van der Waals surface area contributed by atoms with E-state index in [4.69, 9.17) is 5.73 Å². The van der Waals surface area contributed by atoms with Gasteiger partial charge in [-0.2, -0.15) is 0 Å². The van der Waals surface area contributed by atoms with Gasteiger partial charge in [-0.3, -0.25) is 0 Å². The van der Waals surface area contributed by atoms with Gasteiger partial charge in [0.15, 0.2) is 0 Å². The van der Waals surface area contributed by atoms with Gasteiger partial charge >= 0.3 is 0 Å². The van der Waals surface area contributed by atoms with Crippen LogP contribution in [0.2, 0.25) is 19.6 Å². The molecule has 78 valence electrons. The van der Waals surface area contributed by atoms with Gasteiger partial charge in [-0.05, 0) is 24.9 Å². The molecule has 1 aromatic rings. The molecule has 2 N–H and O–H groups in total. The normalized spacial score (nSPS) is 11.7. The number of aryl methyl sites for hydroxylation is 1. The lowest BCUT2D eigenvalue weighted by Crippen LogP contribution is -2.37. The fourth-order valence-corrected chi connectivity index (χ4v) is 2.71. The van der Waals surface area contributed by atoms with Crippen LogP contribution in [0.1, 0.15) is 12.0 Å². The molecule has 0 aliphatic carbocycles. The molecule has 0 heterocycles. The molecule has 0 saturated heterocycles. The molecule has 0 radical (unpaired) electrons. The van der Waals surface area contributed by atoms with Gasteiger partial charge in [-0.1, -0.05) is 49.1 Å². The summed E-state index contributed by atoms with van der Waals surface area (Å²) in [7, 11) is -1.14. The van der Waals surface area contributed by atoms with Crippen molar-refractivity contribution in [3.05, 3.63) is 29.8 Å². The van der Waals surface area contributed by atoms with Crippen LogP contribution < -0.4 is 10.9 Å². The molecule has 0 bridgehead atoms. The van der Waals surface area contributed by atoms with Crippen molar-refractivity contribution >= 4 is 13.3 Å². The average molecular weight is 207 g/mol. The molecule has 0 atom stereocenters. The van der Waals surface area contributed by atoms with Gasteiger partial charge in [0.25, 0.3) is 0 Å². The van der Waals surface area contributed by atoms with E-state index in [2.05, 4.69) is 43.9 Å². The van der Waals surface area contributed by atoms with Crippen LogP contribution in [0.3, 0.4) is 0 Å². The molecule has 0 saturated carbocycles. The summed E-state index contributed by atoms with van der Waals surface area (Å²) in [6, 6.07) is 9.01. The fraction of sp³-hybridized carbons (Fsp3) is 0.500. The van der Waals surface area contributed by atoms with Crippen LogP contribution in [0, 0.1) is 0 Å². The Hall–Kier alpha value is -0.603. The maximum Gasteiger partial charge on any atom is 0.0776 e. The zero-order valence-electron chi connectivity index (χ0n) is 9.51. The summed E-state index contributed by atoms with van der Waals surface area (Å²) < 4.78 is 0. The molecule has 0 unspecified atom stereocenters. The first-order valence-corrected chi connectivity index (χ1v) is 8.83. The summed E-state index contributed by atoms with van der Waals surface area (Å²) in [5, 5.41) is 1.55. The van der Waals surface area contributed by atoms with Crippen molar-refractivity contribution in [2.45, 2.75) is 32.5 Å². The Labute approximate surface area is 88.3 Å². The van der Waals surface area contributed by atoms with E-state index < -0.39 is 8.07 Å². The van der Waals surface area contributed by atoms with E-state index in [1.807, 2.05) is 0 Å². The highest BCUT2D eigenvalue weighted by Gasteiger charge is 2.15. The van der Waals surface area contributed by atoms with E-state index >= 15 is 0 Å². The van der Waals surface area contributed by atoms with E-state index in [1.54, 1.807) is 5.19 Å². The standard InChI is InChI=1S/C12H21NSi/c1-14(2,3)12-8-4-6-11(10-12)7-5-9-13/h4,6,8,10H,5,7,9,13H2,1-3H3. The van der Waals surface area contributed by atoms with Crippen LogP contribution >= 0.6 is 0 Å². The van der Waals surface area contributed by atoms with E-state index in [9.17, 15) is 0 Å². The third-order valence-corrected chi connectivity index (χ3v) is 4.51. The summed E-state index contributed by atoms with van der Waals surface area (Å²) in [4.78, 5) is 0. The first kappa shape index (κ1) is 11.5. The van der Waals surface area contributed by atoms with Gasteiger partial charge in [-0.25, -0.2) is 0 Å². The molecule has 0 aliphatic rings. The van der Waals surface area contributed by atoms with E-state index in [0.29, 0.717) is 0 Å². The number of hydrogen-bond donors (Lipinski definition) is 1. The number of rotatable bonds is 4.